The van der Waals surface area contributed by atoms with Crippen LogP contribution >= 0.6 is 0 Å². The third-order valence-electron chi connectivity index (χ3n) is 4.44. The average Bonchev–Trinajstić information content (AvgIpc) is 3.38. The van der Waals surface area contributed by atoms with Crippen LogP contribution in [-0.4, -0.2) is 27.1 Å². The Labute approximate surface area is 162 Å². The summed E-state index contributed by atoms with van der Waals surface area (Å²) in [6.45, 7) is 3.97. The van der Waals surface area contributed by atoms with E-state index in [0.717, 1.165) is 22.2 Å². The van der Waals surface area contributed by atoms with Gasteiger partial charge in [-0.15, -0.1) is 0 Å². The zero-order valence-electron chi connectivity index (χ0n) is 15.7. The van der Waals surface area contributed by atoms with Crippen LogP contribution in [0.4, 0.5) is 5.69 Å². The predicted molar refractivity (Wildman–Crippen MR) is 105 cm³/mol. The third-order valence-corrected chi connectivity index (χ3v) is 4.44. The highest BCUT2D eigenvalue weighted by molar-refractivity contribution is 5.95. The number of fused-ring (bicyclic) bond motifs is 1. The first kappa shape index (κ1) is 17.9. The lowest BCUT2D eigenvalue weighted by Gasteiger charge is -2.26. The summed E-state index contributed by atoms with van der Waals surface area (Å²) in [6.07, 6.45) is 5.47. The molecule has 0 bridgehead atoms. The number of hydrogen-bond donors (Lipinski definition) is 0. The number of nitrogens with zero attached hydrogens (tertiary/aromatic N) is 4. The lowest BCUT2D eigenvalue weighted by Crippen LogP contribution is -2.37. The maximum Gasteiger partial charge on any atom is 0.227 e. The molecular weight excluding hydrogens is 356 g/mol. The molecule has 4 rings (SSSR count). The maximum atomic E-state index is 12.9. The third kappa shape index (κ3) is 3.64. The number of aryl methyl sites for hydroxylation is 1. The van der Waals surface area contributed by atoms with Gasteiger partial charge in [-0.3, -0.25) is 9.78 Å². The summed E-state index contributed by atoms with van der Waals surface area (Å²) in [7, 11) is 0. The average molecular weight is 376 g/mol. The highest BCUT2D eigenvalue weighted by Gasteiger charge is 2.21. The van der Waals surface area contributed by atoms with Gasteiger partial charge in [0.2, 0.25) is 17.6 Å². The van der Waals surface area contributed by atoms with Crippen LogP contribution in [0.25, 0.3) is 22.3 Å². The summed E-state index contributed by atoms with van der Waals surface area (Å²) in [5, 5.41) is 4.93. The molecule has 0 N–H and O–H groups in total. The van der Waals surface area contributed by atoms with Crippen molar-refractivity contribution >= 4 is 22.5 Å². The van der Waals surface area contributed by atoms with E-state index in [0.29, 0.717) is 18.1 Å². The zero-order chi connectivity index (χ0) is 19.5. The number of furan rings is 1. The molecule has 0 aliphatic carbocycles. The van der Waals surface area contributed by atoms with Crippen molar-refractivity contribution in [2.45, 2.75) is 32.7 Å². The van der Waals surface area contributed by atoms with Crippen LogP contribution in [0, 0.1) is 0 Å². The molecule has 0 unspecified atom stereocenters. The van der Waals surface area contributed by atoms with Gasteiger partial charge in [-0.1, -0.05) is 23.4 Å². The first-order valence-electron chi connectivity index (χ1n) is 9.14. The van der Waals surface area contributed by atoms with Gasteiger partial charge >= 0.3 is 0 Å². The Hall–Kier alpha value is -3.48. The summed E-state index contributed by atoms with van der Waals surface area (Å²) < 4.78 is 10.3. The quantitative estimate of drug-likeness (QED) is 0.500. The second kappa shape index (κ2) is 7.64. The van der Waals surface area contributed by atoms with Crippen LogP contribution in [0.5, 0.6) is 0 Å². The molecule has 0 fully saturated rings. The smallest absolute Gasteiger partial charge is 0.227 e. The Morgan fingerprint density at radius 2 is 2.07 bits per heavy atom. The molecule has 7 heteroatoms. The Morgan fingerprint density at radius 1 is 1.21 bits per heavy atom. The number of amides is 1. The maximum absolute atomic E-state index is 12.9. The van der Waals surface area contributed by atoms with Crippen molar-refractivity contribution in [2.24, 2.45) is 0 Å². The van der Waals surface area contributed by atoms with Crippen molar-refractivity contribution in [1.29, 1.82) is 0 Å². The van der Waals surface area contributed by atoms with E-state index in [1.807, 2.05) is 44.2 Å². The summed E-state index contributed by atoms with van der Waals surface area (Å²) in [4.78, 5) is 23.5. The number of rotatable bonds is 6. The van der Waals surface area contributed by atoms with Crippen molar-refractivity contribution in [3.05, 3.63) is 61.0 Å². The van der Waals surface area contributed by atoms with Gasteiger partial charge in [-0.2, -0.15) is 4.98 Å². The first-order chi connectivity index (χ1) is 13.6. The SMILES string of the molecule is CC(C)N(C(=O)CCc1nc(-c2ccoc2)no1)c1cnc2ccccc2c1. The molecule has 0 saturated carbocycles. The number of carbonyl (C=O) groups is 1. The minimum atomic E-state index is -0.0184. The largest absolute Gasteiger partial charge is 0.472 e. The van der Waals surface area contributed by atoms with E-state index >= 15 is 0 Å². The molecule has 142 valence electrons. The second-order valence-electron chi connectivity index (χ2n) is 6.77. The fraction of sp³-hybridized carbons (Fsp3) is 0.238. The molecule has 1 aromatic carbocycles. The Bertz CT molecular complexity index is 1090. The van der Waals surface area contributed by atoms with E-state index in [-0.39, 0.29) is 18.4 Å². The van der Waals surface area contributed by atoms with E-state index in [2.05, 4.69) is 15.1 Å². The van der Waals surface area contributed by atoms with E-state index in [4.69, 9.17) is 8.94 Å². The summed E-state index contributed by atoms with van der Waals surface area (Å²) in [5.74, 6) is 0.857. The van der Waals surface area contributed by atoms with E-state index in [1.165, 1.54) is 0 Å². The standard InChI is InChI=1S/C21H20N4O3/c1-14(2)25(17-11-15-5-3-4-6-18(15)22-12-17)20(26)8-7-19-23-21(24-28-19)16-9-10-27-13-16/h3-6,9-14H,7-8H2,1-2H3. The highest BCUT2D eigenvalue weighted by atomic mass is 16.5. The van der Waals surface area contributed by atoms with Crippen LogP contribution in [-0.2, 0) is 11.2 Å². The lowest BCUT2D eigenvalue weighted by atomic mass is 10.1. The topological polar surface area (TPSA) is 85.3 Å². The molecule has 0 aliphatic heterocycles. The predicted octanol–water partition coefficient (Wildman–Crippen LogP) is 4.25. The van der Waals surface area contributed by atoms with E-state index in [9.17, 15) is 4.79 Å². The van der Waals surface area contributed by atoms with Crippen molar-refractivity contribution in [3.8, 4) is 11.4 Å². The van der Waals surface area contributed by atoms with Crippen molar-refractivity contribution in [3.63, 3.8) is 0 Å². The number of benzene rings is 1. The first-order valence-corrected chi connectivity index (χ1v) is 9.14. The Balaban J connectivity index is 1.49. The van der Waals surface area contributed by atoms with Gasteiger partial charge in [0, 0.05) is 24.3 Å². The van der Waals surface area contributed by atoms with Gasteiger partial charge in [0.15, 0.2) is 0 Å². The molecule has 4 aromatic rings. The number of anilines is 1. The molecule has 3 aromatic heterocycles. The van der Waals surface area contributed by atoms with Gasteiger partial charge < -0.3 is 13.8 Å². The number of carbonyl (C=O) groups excluding carboxylic acids is 1. The highest BCUT2D eigenvalue weighted by Crippen LogP contribution is 2.23. The Kier molecular flexibility index (Phi) is 4.89. The molecule has 1 amide bonds. The Morgan fingerprint density at radius 3 is 2.86 bits per heavy atom. The van der Waals surface area contributed by atoms with Crippen molar-refractivity contribution in [1.82, 2.24) is 15.1 Å². The summed E-state index contributed by atoms with van der Waals surface area (Å²) in [5.41, 5.74) is 2.43. The monoisotopic (exact) mass is 376 g/mol. The van der Waals surface area contributed by atoms with Gasteiger partial charge in [-0.05, 0) is 32.0 Å². The fourth-order valence-electron chi connectivity index (χ4n) is 3.12. The summed E-state index contributed by atoms with van der Waals surface area (Å²) in [6, 6.07) is 11.6. The van der Waals surface area contributed by atoms with Crippen LogP contribution in [0.3, 0.4) is 0 Å². The van der Waals surface area contributed by atoms with Gasteiger partial charge in [0.25, 0.3) is 0 Å². The fourth-order valence-corrected chi connectivity index (χ4v) is 3.12. The number of para-hydroxylation sites is 1. The molecule has 0 saturated heterocycles. The normalized spacial score (nSPS) is 11.2. The molecule has 28 heavy (non-hydrogen) atoms. The minimum absolute atomic E-state index is 0.000334. The lowest BCUT2D eigenvalue weighted by molar-refractivity contribution is -0.119. The summed E-state index contributed by atoms with van der Waals surface area (Å²) >= 11 is 0. The molecular formula is C21H20N4O3. The number of pyridine rings is 1. The van der Waals surface area contributed by atoms with Gasteiger partial charge in [0.05, 0.1) is 29.2 Å². The molecule has 3 heterocycles. The number of aromatic nitrogens is 3. The van der Waals surface area contributed by atoms with Crippen molar-refractivity contribution in [2.75, 3.05) is 4.90 Å². The van der Waals surface area contributed by atoms with Gasteiger partial charge in [-0.25, -0.2) is 0 Å². The molecule has 0 radical (unpaired) electrons. The van der Waals surface area contributed by atoms with Crippen molar-refractivity contribution < 1.29 is 13.7 Å². The van der Waals surface area contributed by atoms with Crippen LogP contribution in [0.2, 0.25) is 0 Å². The molecule has 0 atom stereocenters. The zero-order valence-corrected chi connectivity index (χ0v) is 15.7. The molecule has 0 spiro atoms. The van der Waals surface area contributed by atoms with Crippen LogP contribution < -0.4 is 4.90 Å². The van der Waals surface area contributed by atoms with E-state index < -0.39 is 0 Å². The molecule has 7 nitrogen and oxygen atoms in total. The minimum Gasteiger partial charge on any atom is -0.472 e. The number of hydrogen-bond acceptors (Lipinski definition) is 6. The van der Waals surface area contributed by atoms with E-state index in [1.54, 1.807) is 29.7 Å². The molecule has 0 aliphatic rings. The van der Waals surface area contributed by atoms with Crippen LogP contribution in [0.1, 0.15) is 26.2 Å². The van der Waals surface area contributed by atoms with Gasteiger partial charge in [0.1, 0.15) is 6.26 Å². The van der Waals surface area contributed by atoms with Crippen LogP contribution in [0.15, 0.2) is 64.1 Å². The second-order valence-corrected chi connectivity index (χ2v) is 6.77.